The van der Waals surface area contributed by atoms with E-state index in [0.29, 0.717) is 35.8 Å². The molecule has 1 aliphatic heterocycles. The van der Waals surface area contributed by atoms with Crippen LogP contribution in [0.3, 0.4) is 0 Å². The monoisotopic (exact) mass is 439 g/mol. The van der Waals surface area contributed by atoms with E-state index < -0.39 is 11.9 Å². The SMILES string of the molecule is COC(=O)c1ccc(NC(=O)C2CC(=O)N(CCc3c[nH]c4ccc(Cl)cc34)C2)cc1. The van der Waals surface area contributed by atoms with Crippen molar-refractivity contribution in [2.75, 3.05) is 25.5 Å². The Morgan fingerprint density at radius 1 is 1.23 bits per heavy atom. The highest BCUT2D eigenvalue weighted by molar-refractivity contribution is 6.31. The number of rotatable bonds is 6. The van der Waals surface area contributed by atoms with Crippen molar-refractivity contribution in [2.24, 2.45) is 5.92 Å². The average Bonchev–Trinajstić information content (AvgIpc) is 3.35. The molecule has 0 spiro atoms. The fourth-order valence-electron chi connectivity index (χ4n) is 3.83. The van der Waals surface area contributed by atoms with Crippen LogP contribution in [0.15, 0.2) is 48.7 Å². The number of hydrogen-bond acceptors (Lipinski definition) is 4. The molecule has 0 saturated carbocycles. The van der Waals surface area contributed by atoms with Gasteiger partial charge in [0.05, 0.1) is 18.6 Å². The lowest BCUT2D eigenvalue weighted by Crippen LogP contribution is -2.30. The molecule has 0 radical (unpaired) electrons. The van der Waals surface area contributed by atoms with Gasteiger partial charge in [0.2, 0.25) is 11.8 Å². The molecule has 2 heterocycles. The summed E-state index contributed by atoms with van der Waals surface area (Å²) in [5, 5.41) is 4.53. The van der Waals surface area contributed by atoms with Gasteiger partial charge in [-0.05, 0) is 54.4 Å². The number of amides is 2. The number of ether oxygens (including phenoxy) is 1. The minimum atomic E-state index is -0.438. The van der Waals surface area contributed by atoms with E-state index in [4.69, 9.17) is 11.6 Å². The van der Waals surface area contributed by atoms with E-state index in [1.807, 2.05) is 24.4 Å². The zero-order valence-electron chi connectivity index (χ0n) is 17.0. The number of H-pyrrole nitrogens is 1. The molecule has 31 heavy (non-hydrogen) atoms. The molecule has 1 atom stereocenters. The van der Waals surface area contributed by atoms with Crippen molar-refractivity contribution < 1.29 is 19.1 Å². The van der Waals surface area contributed by atoms with Gasteiger partial charge in [-0.3, -0.25) is 9.59 Å². The molecule has 1 fully saturated rings. The van der Waals surface area contributed by atoms with Crippen molar-refractivity contribution in [3.05, 3.63) is 64.8 Å². The third-order valence-corrected chi connectivity index (χ3v) is 5.77. The number of benzene rings is 2. The topological polar surface area (TPSA) is 91.5 Å². The molecule has 3 aromatic rings. The second kappa shape index (κ2) is 8.81. The van der Waals surface area contributed by atoms with E-state index in [1.165, 1.54) is 7.11 Å². The summed E-state index contributed by atoms with van der Waals surface area (Å²) in [6.45, 7) is 0.921. The van der Waals surface area contributed by atoms with Crippen LogP contribution < -0.4 is 5.32 Å². The van der Waals surface area contributed by atoms with E-state index in [2.05, 4.69) is 15.0 Å². The largest absolute Gasteiger partial charge is 0.465 e. The minimum Gasteiger partial charge on any atom is -0.465 e. The second-order valence-corrected chi connectivity index (χ2v) is 7.99. The zero-order chi connectivity index (χ0) is 22.0. The first-order valence-electron chi connectivity index (χ1n) is 9.97. The maximum absolute atomic E-state index is 12.6. The molecule has 2 aromatic carbocycles. The number of fused-ring (bicyclic) bond motifs is 1. The molecule has 0 bridgehead atoms. The molecule has 1 aliphatic rings. The van der Waals surface area contributed by atoms with E-state index in [1.54, 1.807) is 29.2 Å². The average molecular weight is 440 g/mol. The zero-order valence-corrected chi connectivity index (χ0v) is 17.7. The fraction of sp³-hybridized carbons (Fsp3) is 0.261. The Morgan fingerprint density at radius 2 is 2.00 bits per heavy atom. The van der Waals surface area contributed by atoms with Gasteiger partial charge in [0, 0.05) is 47.3 Å². The maximum atomic E-state index is 12.6. The number of hydrogen-bond donors (Lipinski definition) is 2. The standard InChI is InChI=1S/C23H22ClN3O4/c1-31-23(30)14-2-5-18(6-3-14)26-22(29)16-10-21(28)27(13-16)9-8-15-12-25-20-7-4-17(24)11-19(15)20/h2-7,11-12,16,25H,8-10,13H2,1H3,(H,26,29). The maximum Gasteiger partial charge on any atom is 0.337 e. The predicted molar refractivity (Wildman–Crippen MR) is 118 cm³/mol. The van der Waals surface area contributed by atoms with Crippen LogP contribution in [0.4, 0.5) is 5.69 Å². The highest BCUT2D eigenvalue weighted by Crippen LogP contribution is 2.25. The normalized spacial score (nSPS) is 16.0. The van der Waals surface area contributed by atoms with Gasteiger partial charge in [0.25, 0.3) is 0 Å². The van der Waals surface area contributed by atoms with Crippen LogP contribution in [0.5, 0.6) is 0 Å². The molecule has 0 aliphatic carbocycles. The summed E-state index contributed by atoms with van der Waals surface area (Å²) in [4.78, 5) is 41.5. The van der Waals surface area contributed by atoms with Crippen LogP contribution in [-0.4, -0.2) is 47.9 Å². The van der Waals surface area contributed by atoms with Gasteiger partial charge in [0.1, 0.15) is 0 Å². The van der Waals surface area contributed by atoms with E-state index in [-0.39, 0.29) is 18.2 Å². The predicted octanol–water partition coefficient (Wildman–Crippen LogP) is 3.64. The van der Waals surface area contributed by atoms with E-state index in [9.17, 15) is 14.4 Å². The number of carbonyl (C=O) groups excluding carboxylic acids is 3. The second-order valence-electron chi connectivity index (χ2n) is 7.55. The number of likely N-dealkylation sites (tertiary alicyclic amines) is 1. The summed E-state index contributed by atoms with van der Waals surface area (Å²) >= 11 is 6.10. The van der Waals surface area contributed by atoms with E-state index >= 15 is 0 Å². The van der Waals surface area contributed by atoms with Crippen molar-refractivity contribution in [3.63, 3.8) is 0 Å². The minimum absolute atomic E-state index is 0.0286. The Bertz CT molecular complexity index is 1140. The molecule has 160 valence electrons. The first-order valence-corrected chi connectivity index (χ1v) is 10.3. The van der Waals surface area contributed by atoms with Crippen molar-refractivity contribution in [2.45, 2.75) is 12.8 Å². The van der Waals surface area contributed by atoms with Crippen molar-refractivity contribution in [1.82, 2.24) is 9.88 Å². The molecule has 1 unspecified atom stereocenters. The molecule has 2 amide bonds. The lowest BCUT2D eigenvalue weighted by atomic mass is 10.1. The number of halogens is 1. The van der Waals surface area contributed by atoms with Crippen molar-refractivity contribution >= 4 is 46.0 Å². The first-order chi connectivity index (χ1) is 14.9. The summed E-state index contributed by atoms with van der Waals surface area (Å²) in [5.74, 6) is -1.09. The first kappa shape index (κ1) is 20.9. The van der Waals surface area contributed by atoms with Gasteiger partial charge < -0.3 is 19.9 Å². The van der Waals surface area contributed by atoms with E-state index in [0.717, 1.165) is 16.5 Å². The molecule has 4 rings (SSSR count). The number of nitrogens with one attached hydrogen (secondary N) is 2. The number of carbonyl (C=O) groups is 3. The van der Waals surface area contributed by atoms with Gasteiger partial charge in [-0.2, -0.15) is 0 Å². The highest BCUT2D eigenvalue weighted by Gasteiger charge is 2.34. The lowest BCUT2D eigenvalue weighted by molar-refractivity contribution is -0.128. The summed E-state index contributed by atoms with van der Waals surface area (Å²) in [6.07, 6.45) is 2.80. The van der Waals surface area contributed by atoms with Crippen LogP contribution in [0, 0.1) is 5.92 Å². The number of aromatic nitrogens is 1. The van der Waals surface area contributed by atoms with Crippen LogP contribution in [0.25, 0.3) is 10.9 Å². The Kier molecular flexibility index (Phi) is 5.95. The number of aromatic amines is 1. The summed E-state index contributed by atoms with van der Waals surface area (Å²) < 4.78 is 4.66. The number of anilines is 1. The molecule has 8 heteroatoms. The Morgan fingerprint density at radius 3 is 2.74 bits per heavy atom. The summed E-state index contributed by atoms with van der Waals surface area (Å²) in [5.41, 5.74) is 3.06. The number of methoxy groups -OCH3 is 1. The van der Waals surface area contributed by atoms with Gasteiger partial charge in [-0.25, -0.2) is 4.79 Å². The van der Waals surface area contributed by atoms with Crippen molar-refractivity contribution in [1.29, 1.82) is 0 Å². The van der Waals surface area contributed by atoms with Gasteiger partial charge in [-0.1, -0.05) is 11.6 Å². The third kappa shape index (κ3) is 4.56. The van der Waals surface area contributed by atoms with Crippen LogP contribution in [0.1, 0.15) is 22.3 Å². The van der Waals surface area contributed by atoms with Crippen LogP contribution >= 0.6 is 11.6 Å². The van der Waals surface area contributed by atoms with Gasteiger partial charge in [0.15, 0.2) is 0 Å². The van der Waals surface area contributed by atoms with Crippen LogP contribution in [-0.2, 0) is 20.7 Å². The Balaban J connectivity index is 1.34. The Labute approximate surface area is 184 Å². The van der Waals surface area contributed by atoms with Crippen molar-refractivity contribution in [3.8, 4) is 0 Å². The molecule has 1 saturated heterocycles. The van der Waals surface area contributed by atoms with Crippen LogP contribution in [0.2, 0.25) is 5.02 Å². The molecular formula is C23H22ClN3O4. The smallest absolute Gasteiger partial charge is 0.337 e. The summed E-state index contributed by atoms with van der Waals surface area (Å²) in [6, 6.07) is 12.1. The van der Waals surface area contributed by atoms with Gasteiger partial charge in [-0.15, -0.1) is 0 Å². The third-order valence-electron chi connectivity index (χ3n) is 5.54. The highest BCUT2D eigenvalue weighted by atomic mass is 35.5. The Hall–Kier alpha value is -3.32. The molecule has 7 nitrogen and oxygen atoms in total. The molecule has 1 aromatic heterocycles. The summed E-state index contributed by atoms with van der Waals surface area (Å²) in [7, 11) is 1.31. The fourth-order valence-corrected chi connectivity index (χ4v) is 4.00. The molecular weight excluding hydrogens is 418 g/mol. The quantitative estimate of drug-likeness (QED) is 0.573. The molecule has 2 N–H and O–H groups in total. The number of esters is 1. The number of nitrogens with zero attached hydrogens (tertiary/aromatic N) is 1. The van der Waals surface area contributed by atoms with Gasteiger partial charge >= 0.3 is 5.97 Å². The lowest BCUT2D eigenvalue weighted by Gasteiger charge is -2.16.